The summed E-state index contributed by atoms with van der Waals surface area (Å²) in [6.07, 6.45) is 5.01. The summed E-state index contributed by atoms with van der Waals surface area (Å²) < 4.78 is 0. The van der Waals surface area contributed by atoms with Crippen molar-refractivity contribution in [1.82, 2.24) is 10.3 Å². The van der Waals surface area contributed by atoms with Crippen molar-refractivity contribution in [2.45, 2.75) is 6.54 Å². The number of hydrogen-bond acceptors (Lipinski definition) is 3. The Morgan fingerprint density at radius 3 is 3.07 bits per heavy atom. The van der Waals surface area contributed by atoms with Crippen molar-refractivity contribution in [3.63, 3.8) is 0 Å². The molecule has 0 fully saturated rings. The fourth-order valence-electron chi connectivity index (χ4n) is 0.942. The van der Waals surface area contributed by atoms with Crippen LogP contribution in [-0.4, -0.2) is 17.4 Å². The van der Waals surface area contributed by atoms with Crippen LogP contribution in [0.4, 0.5) is 0 Å². The maximum absolute atomic E-state index is 11.4. The van der Waals surface area contributed by atoms with Gasteiger partial charge >= 0.3 is 0 Å². The zero-order valence-electron chi connectivity index (χ0n) is 7.66. The van der Waals surface area contributed by atoms with Crippen LogP contribution in [-0.2, 0) is 6.54 Å². The molecule has 0 aliphatic rings. The average Bonchev–Trinajstić information content (AvgIpc) is 2.26. The lowest BCUT2D eigenvalue weighted by Gasteiger charge is -2.02. The van der Waals surface area contributed by atoms with Gasteiger partial charge in [-0.05, 0) is 12.1 Å². The third kappa shape index (κ3) is 2.57. The van der Waals surface area contributed by atoms with E-state index in [1.807, 2.05) is 0 Å². The predicted molar refractivity (Wildman–Crippen MR) is 53.3 cm³/mol. The SMILES string of the molecule is C#CCNC(=O)c1cccc(CN)n1. The summed E-state index contributed by atoms with van der Waals surface area (Å²) in [4.78, 5) is 15.4. The largest absolute Gasteiger partial charge is 0.340 e. The Morgan fingerprint density at radius 2 is 2.43 bits per heavy atom. The summed E-state index contributed by atoms with van der Waals surface area (Å²) in [5, 5.41) is 2.52. The highest BCUT2D eigenvalue weighted by Gasteiger charge is 2.05. The van der Waals surface area contributed by atoms with Crippen LogP contribution in [0.3, 0.4) is 0 Å². The second-order valence-corrected chi connectivity index (χ2v) is 2.61. The van der Waals surface area contributed by atoms with Gasteiger partial charge in [0, 0.05) is 6.54 Å². The Bertz CT molecular complexity index is 368. The maximum Gasteiger partial charge on any atom is 0.270 e. The number of nitrogens with two attached hydrogens (primary N) is 1. The van der Waals surface area contributed by atoms with Crippen LogP contribution in [0.25, 0.3) is 0 Å². The number of carbonyl (C=O) groups excluding carboxylic acids is 1. The zero-order valence-corrected chi connectivity index (χ0v) is 7.66. The molecule has 0 aromatic carbocycles. The predicted octanol–water partition coefficient (Wildman–Crippen LogP) is -0.0967. The molecule has 1 aromatic rings. The molecule has 0 radical (unpaired) electrons. The van der Waals surface area contributed by atoms with Gasteiger partial charge in [-0.2, -0.15) is 0 Å². The number of amides is 1. The van der Waals surface area contributed by atoms with Crippen LogP contribution < -0.4 is 11.1 Å². The summed E-state index contributed by atoms with van der Waals surface area (Å²) in [6, 6.07) is 5.11. The van der Waals surface area contributed by atoms with Crippen molar-refractivity contribution >= 4 is 5.91 Å². The van der Waals surface area contributed by atoms with Gasteiger partial charge in [0.15, 0.2) is 0 Å². The molecule has 0 atom stereocenters. The molecule has 72 valence electrons. The van der Waals surface area contributed by atoms with Crippen molar-refractivity contribution < 1.29 is 4.79 Å². The lowest BCUT2D eigenvalue weighted by molar-refractivity contribution is 0.0953. The molecule has 0 spiro atoms. The van der Waals surface area contributed by atoms with E-state index in [2.05, 4.69) is 16.2 Å². The molecule has 14 heavy (non-hydrogen) atoms. The van der Waals surface area contributed by atoms with E-state index in [-0.39, 0.29) is 12.5 Å². The average molecular weight is 189 g/mol. The van der Waals surface area contributed by atoms with Crippen molar-refractivity contribution in [2.75, 3.05) is 6.54 Å². The fourth-order valence-corrected chi connectivity index (χ4v) is 0.942. The molecule has 0 saturated heterocycles. The second-order valence-electron chi connectivity index (χ2n) is 2.61. The van der Waals surface area contributed by atoms with Crippen molar-refractivity contribution in [1.29, 1.82) is 0 Å². The molecule has 0 aliphatic heterocycles. The summed E-state index contributed by atoms with van der Waals surface area (Å²) >= 11 is 0. The van der Waals surface area contributed by atoms with Gasteiger partial charge in [0.2, 0.25) is 0 Å². The summed E-state index contributed by atoms with van der Waals surface area (Å²) in [5.41, 5.74) is 6.41. The molecule has 1 rings (SSSR count). The highest BCUT2D eigenvalue weighted by Crippen LogP contribution is 1.98. The van der Waals surface area contributed by atoms with Gasteiger partial charge in [-0.15, -0.1) is 6.42 Å². The standard InChI is InChI=1S/C10H11N3O/c1-2-6-12-10(14)9-5-3-4-8(7-11)13-9/h1,3-5H,6-7,11H2,(H,12,14). The van der Waals surface area contributed by atoms with Crippen LogP contribution in [0, 0.1) is 12.3 Å². The Morgan fingerprint density at radius 1 is 1.64 bits per heavy atom. The molecule has 4 heteroatoms. The number of terminal acetylenes is 1. The minimum absolute atomic E-state index is 0.202. The van der Waals surface area contributed by atoms with Gasteiger partial charge in [-0.25, -0.2) is 4.98 Å². The first kappa shape index (κ1) is 10.2. The Kier molecular flexibility index (Phi) is 3.65. The monoisotopic (exact) mass is 189 g/mol. The smallest absolute Gasteiger partial charge is 0.270 e. The van der Waals surface area contributed by atoms with Crippen LogP contribution in [0.5, 0.6) is 0 Å². The highest BCUT2D eigenvalue weighted by molar-refractivity contribution is 5.92. The Hall–Kier alpha value is -1.86. The zero-order chi connectivity index (χ0) is 10.4. The van der Waals surface area contributed by atoms with E-state index in [1.165, 1.54) is 0 Å². The molecular weight excluding hydrogens is 178 g/mol. The molecule has 0 saturated carbocycles. The van der Waals surface area contributed by atoms with Gasteiger partial charge in [0.05, 0.1) is 12.2 Å². The van der Waals surface area contributed by atoms with E-state index in [1.54, 1.807) is 18.2 Å². The molecule has 0 bridgehead atoms. The lowest BCUT2D eigenvalue weighted by Crippen LogP contribution is -2.24. The van der Waals surface area contributed by atoms with Gasteiger partial charge in [0.25, 0.3) is 5.91 Å². The molecule has 1 aromatic heterocycles. The topological polar surface area (TPSA) is 68.0 Å². The normalized spacial score (nSPS) is 9.14. The number of carbonyl (C=O) groups is 1. The minimum atomic E-state index is -0.279. The summed E-state index contributed by atoms with van der Waals surface area (Å²) in [6.45, 7) is 0.517. The molecule has 0 aliphatic carbocycles. The number of nitrogens with zero attached hydrogens (tertiary/aromatic N) is 1. The van der Waals surface area contributed by atoms with Gasteiger partial charge in [-0.1, -0.05) is 12.0 Å². The Labute approximate surface area is 82.5 Å². The van der Waals surface area contributed by atoms with Gasteiger partial charge < -0.3 is 11.1 Å². The first-order valence-corrected chi connectivity index (χ1v) is 4.15. The molecule has 4 nitrogen and oxygen atoms in total. The van der Waals surface area contributed by atoms with E-state index in [0.29, 0.717) is 17.9 Å². The van der Waals surface area contributed by atoms with E-state index in [0.717, 1.165) is 0 Å². The lowest BCUT2D eigenvalue weighted by atomic mass is 10.3. The molecular formula is C10H11N3O. The third-order valence-electron chi connectivity index (χ3n) is 1.60. The molecule has 0 unspecified atom stereocenters. The van der Waals surface area contributed by atoms with Gasteiger partial charge in [-0.3, -0.25) is 4.79 Å². The third-order valence-corrected chi connectivity index (χ3v) is 1.60. The quantitative estimate of drug-likeness (QED) is 0.652. The van der Waals surface area contributed by atoms with Crippen LogP contribution in [0.1, 0.15) is 16.2 Å². The van der Waals surface area contributed by atoms with Crippen LogP contribution in [0.2, 0.25) is 0 Å². The number of rotatable bonds is 3. The van der Waals surface area contributed by atoms with Crippen molar-refractivity contribution in [2.24, 2.45) is 5.73 Å². The summed E-state index contributed by atoms with van der Waals surface area (Å²) in [7, 11) is 0. The van der Waals surface area contributed by atoms with E-state index in [9.17, 15) is 4.79 Å². The summed E-state index contributed by atoms with van der Waals surface area (Å²) in [5.74, 6) is 2.03. The van der Waals surface area contributed by atoms with Crippen LogP contribution in [0.15, 0.2) is 18.2 Å². The number of pyridine rings is 1. The molecule has 1 heterocycles. The first-order chi connectivity index (χ1) is 6.77. The number of nitrogens with one attached hydrogen (secondary N) is 1. The van der Waals surface area contributed by atoms with E-state index >= 15 is 0 Å². The second kappa shape index (κ2) is 5.00. The molecule has 1 amide bonds. The fraction of sp³-hybridized carbons (Fsp3) is 0.200. The first-order valence-electron chi connectivity index (χ1n) is 4.15. The molecule has 3 N–H and O–H groups in total. The maximum atomic E-state index is 11.4. The van der Waals surface area contributed by atoms with Crippen molar-refractivity contribution in [3.05, 3.63) is 29.6 Å². The number of aromatic nitrogens is 1. The van der Waals surface area contributed by atoms with Gasteiger partial charge in [0.1, 0.15) is 5.69 Å². The van der Waals surface area contributed by atoms with Crippen LogP contribution >= 0.6 is 0 Å². The Balaban J connectivity index is 2.75. The highest BCUT2D eigenvalue weighted by atomic mass is 16.1. The van der Waals surface area contributed by atoms with E-state index < -0.39 is 0 Å². The van der Waals surface area contributed by atoms with Crippen molar-refractivity contribution in [3.8, 4) is 12.3 Å². The van der Waals surface area contributed by atoms with E-state index in [4.69, 9.17) is 12.2 Å². The minimum Gasteiger partial charge on any atom is -0.340 e. The number of hydrogen-bond donors (Lipinski definition) is 2.